The fourth-order valence-corrected chi connectivity index (χ4v) is 3.33. The van der Waals surface area contributed by atoms with E-state index in [4.69, 9.17) is 11.6 Å². The highest BCUT2D eigenvalue weighted by atomic mass is 35.5. The lowest BCUT2D eigenvalue weighted by Crippen LogP contribution is -2.01. The fourth-order valence-electron chi connectivity index (χ4n) is 3.12. The van der Waals surface area contributed by atoms with Crippen LogP contribution in [-0.4, -0.2) is 21.2 Å². The van der Waals surface area contributed by atoms with Crippen LogP contribution in [0.4, 0.5) is 0 Å². The minimum atomic E-state index is -1.03. The average Bonchev–Trinajstić information content (AvgIpc) is 3.06. The number of fused-ring (bicyclic) bond motifs is 1. The number of H-pyrrole nitrogens is 1. The van der Waals surface area contributed by atoms with E-state index in [9.17, 15) is 15.0 Å². The third-order valence-corrected chi connectivity index (χ3v) is 4.72. The number of halogens is 1. The van der Waals surface area contributed by atoms with Gasteiger partial charge in [-0.25, -0.2) is 4.79 Å². The SMILES string of the molecule is O=C(O)c1cccc(C#Cc2cccc(O)c2)c1-c1ccc2c(Cl)c[nH]c2c1. The third kappa shape index (κ3) is 3.32. The molecule has 0 aliphatic carbocycles. The van der Waals surface area contributed by atoms with Gasteiger partial charge in [-0.15, -0.1) is 0 Å². The van der Waals surface area contributed by atoms with Crippen molar-refractivity contribution in [2.45, 2.75) is 0 Å². The lowest BCUT2D eigenvalue weighted by atomic mass is 9.93. The number of nitrogens with one attached hydrogen (secondary N) is 1. The van der Waals surface area contributed by atoms with Crippen LogP contribution in [0.25, 0.3) is 22.0 Å². The molecule has 5 heteroatoms. The van der Waals surface area contributed by atoms with E-state index in [-0.39, 0.29) is 11.3 Å². The zero-order valence-corrected chi connectivity index (χ0v) is 15.3. The second kappa shape index (κ2) is 7.15. The Morgan fingerprint density at radius 3 is 2.61 bits per heavy atom. The first-order valence-electron chi connectivity index (χ1n) is 8.47. The largest absolute Gasteiger partial charge is 0.508 e. The molecular weight excluding hydrogens is 374 g/mol. The molecule has 0 bridgehead atoms. The van der Waals surface area contributed by atoms with E-state index in [1.807, 2.05) is 18.2 Å². The van der Waals surface area contributed by atoms with Gasteiger partial charge < -0.3 is 15.2 Å². The Morgan fingerprint density at radius 1 is 1.00 bits per heavy atom. The number of aromatic carboxylic acids is 1. The number of rotatable bonds is 2. The van der Waals surface area contributed by atoms with Gasteiger partial charge in [0.25, 0.3) is 0 Å². The summed E-state index contributed by atoms with van der Waals surface area (Å²) in [5.41, 5.74) is 3.47. The summed E-state index contributed by atoms with van der Waals surface area (Å²) in [6, 6.07) is 17.2. The van der Waals surface area contributed by atoms with Crippen LogP contribution < -0.4 is 0 Å². The summed E-state index contributed by atoms with van der Waals surface area (Å²) in [6.45, 7) is 0. The zero-order chi connectivity index (χ0) is 19.7. The second-order valence-corrected chi connectivity index (χ2v) is 6.64. The van der Waals surface area contributed by atoms with Crippen molar-refractivity contribution in [1.29, 1.82) is 0 Å². The Morgan fingerprint density at radius 2 is 1.82 bits per heavy atom. The van der Waals surface area contributed by atoms with Crippen molar-refractivity contribution in [3.05, 3.63) is 88.6 Å². The fraction of sp³-hybridized carbons (Fsp3) is 0. The van der Waals surface area contributed by atoms with Crippen LogP contribution >= 0.6 is 11.6 Å². The highest BCUT2D eigenvalue weighted by Crippen LogP contribution is 2.32. The maximum absolute atomic E-state index is 11.8. The van der Waals surface area contributed by atoms with Crippen LogP contribution in [-0.2, 0) is 0 Å². The quantitative estimate of drug-likeness (QED) is 0.409. The number of benzene rings is 3. The molecule has 28 heavy (non-hydrogen) atoms. The summed E-state index contributed by atoms with van der Waals surface area (Å²) in [6.07, 6.45) is 1.70. The molecule has 4 rings (SSSR count). The number of hydrogen-bond acceptors (Lipinski definition) is 2. The highest BCUT2D eigenvalue weighted by Gasteiger charge is 2.16. The van der Waals surface area contributed by atoms with Gasteiger partial charge in [0.05, 0.1) is 10.6 Å². The van der Waals surface area contributed by atoms with Crippen LogP contribution in [0.3, 0.4) is 0 Å². The number of phenols is 1. The molecule has 0 fully saturated rings. The number of carboxylic acids is 1. The van der Waals surface area contributed by atoms with Crippen LogP contribution in [0.1, 0.15) is 21.5 Å². The van der Waals surface area contributed by atoms with Crippen molar-refractivity contribution in [1.82, 2.24) is 4.98 Å². The molecule has 1 heterocycles. The molecular formula is C23H14ClNO3. The molecule has 0 saturated heterocycles. The first-order chi connectivity index (χ1) is 13.5. The Hall–Kier alpha value is -3.68. The van der Waals surface area contributed by atoms with Crippen molar-refractivity contribution >= 4 is 28.5 Å². The maximum Gasteiger partial charge on any atom is 0.336 e. The molecule has 0 aliphatic rings. The number of carboxylic acid groups (broad SMARTS) is 1. The molecule has 0 unspecified atom stereocenters. The summed E-state index contributed by atoms with van der Waals surface area (Å²) in [4.78, 5) is 14.9. The lowest BCUT2D eigenvalue weighted by Gasteiger charge is -2.10. The van der Waals surface area contributed by atoms with E-state index in [1.165, 1.54) is 0 Å². The predicted octanol–water partition coefficient (Wildman–Crippen LogP) is 5.29. The van der Waals surface area contributed by atoms with Crippen molar-refractivity contribution in [2.75, 3.05) is 0 Å². The molecule has 0 atom stereocenters. The van der Waals surface area contributed by atoms with Crippen LogP contribution in [0, 0.1) is 11.8 Å². The number of carbonyl (C=O) groups is 1. The summed E-state index contributed by atoms with van der Waals surface area (Å²) < 4.78 is 0. The summed E-state index contributed by atoms with van der Waals surface area (Å²) in [5.74, 6) is 5.13. The van der Waals surface area contributed by atoms with Gasteiger partial charge in [-0.1, -0.05) is 47.7 Å². The minimum absolute atomic E-state index is 0.125. The standard InChI is InChI=1S/C23H14ClNO3/c24-20-13-25-21-12-16(9-10-18(20)21)22-15(4-2-6-19(22)23(27)28)8-7-14-3-1-5-17(26)11-14/h1-6,9-13,25-26H,(H,27,28). The van der Waals surface area contributed by atoms with E-state index in [1.54, 1.807) is 48.7 Å². The first-order valence-corrected chi connectivity index (χ1v) is 8.85. The molecule has 3 aromatic carbocycles. The summed E-state index contributed by atoms with van der Waals surface area (Å²) in [7, 11) is 0. The van der Waals surface area contributed by atoms with E-state index >= 15 is 0 Å². The molecule has 136 valence electrons. The maximum atomic E-state index is 11.8. The molecule has 4 nitrogen and oxygen atoms in total. The Labute approximate surface area is 166 Å². The van der Waals surface area contributed by atoms with Crippen molar-refractivity contribution in [3.8, 4) is 28.7 Å². The summed E-state index contributed by atoms with van der Waals surface area (Å²) in [5, 5.41) is 20.8. The van der Waals surface area contributed by atoms with E-state index in [0.717, 1.165) is 16.5 Å². The van der Waals surface area contributed by atoms with Gasteiger partial charge in [0.15, 0.2) is 0 Å². The Balaban J connectivity index is 1.90. The number of hydrogen-bond donors (Lipinski definition) is 3. The molecule has 0 amide bonds. The Bertz CT molecular complexity index is 1280. The van der Waals surface area contributed by atoms with Crippen molar-refractivity contribution in [3.63, 3.8) is 0 Å². The van der Waals surface area contributed by atoms with E-state index in [2.05, 4.69) is 16.8 Å². The lowest BCUT2D eigenvalue weighted by molar-refractivity contribution is 0.0697. The molecule has 3 N–H and O–H groups in total. The van der Waals surface area contributed by atoms with Crippen LogP contribution in [0.5, 0.6) is 5.75 Å². The topological polar surface area (TPSA) is 73.3 Å². The van der Waals surface area contributed by atoms with Gasteiger partial charge in [-0.05, 0) is 42.0 Å². The third-order valence-electron chi connectivity index (χ3n) is 4.40. The van der Waals surface area contributed by atoms with E-state index < -0.39 is 5.97 Å². The zero-order valence-electron chi connectivity index (χ0n) is 14.5. The molecule has 0 radical (unpaired) electrons. The molecule has 0 aliphatic heterocycles. The number of aromatic nitrogens is 1. The van der Waals surface area contributed by atoms with Gasteiger partial charge in [-0.3, -0.25) is 0 Å². The minimum Gasteiger partial charge on any atom is -0.508 e. The monoisotopic (exact) mass is 387 g/mol. The second-order valence-electron chi connectivity index (χ2n) is 6.23. The van der Waals surface area contributed by atoms with Gasteiger partial charge >= 0.3 is 5.97 Å². The highest BCUT2D eigenvalue weighted by molar-refractivity contribution is 6.35. The molecule has 4 aromatic rings. The number of phenolic OH excluding ortho intramolecular Hbond substituents is 1. The van der Waals surface area contributed by atoms with Gasteiger partial charge in [-0.2, -0.15) is 0 Å². The molecule has 1 aromatic heterocycles. The van der Waals surface area contributed by atoms with Crippen LogP contribution in [0.15, 0.2) is 66.9 Å². The van der Waals surface area contributed by atoms with Gasteiger partial charge in [0.2, 0.25) is 0 Å². The van der Waals surface area contributed by atoms with Crippen molar-refractivity contribution in [2.24, 2.45) is 0 Å². The Kier molecular flexibility index (Phi) is 4.52. The van der Waals surface area contributed by atoms with Crippen LogP contribution in [0.2, 0.25) is 5.02 Å². The van der Waals surface area contributed by atoms with E-state index in [0.29, 0.717) is 21.7 Å². The number of aromatic hydroxyl groups is 1. The predicted molar refractivity (Wildman–Crippen MR) is 110 cm³/mol. The van der Waals surface area contributed by atoms with Gasteiger partial charge in [0, 0.05) is 33.8 Å². The average molecular weight is 388 g/mol. The van der Waals surface area contributed by atoms with Crippen molar-refractivity contribution < 1.29 is 15.0 Å². The smallest absolute Gasteiger partial charge is 0.336 e. The normalized spacial score (nSPS) is 10.5. The molecule has 0 spiro atoms. The summed E-state index contributed by atoms with van der Waals surface area (Å²) >= 11 is 6.15. The molecule has 0 saturated carbocycles. The first kappa shape index (κ1) is 17.7. The number of aromatic amines is 1. The van der Waals surface area contributed by atoms with Gasteiger partial charge in [0.1, 0.15) is 5.75 Å².